The standard InChI is InChI=1S/C12H13F3N2OS/c13-12(14,15)9-3-1-2-4-10(9)16-11(18)17-5-7-19-8-6-17/h1-4H,5-8H2,(H,16,18). The summed E-state index contributed by atoms with van der Waals surface area (Å²) in [7, 11) is 0. The molecule has 0 bridgehead atoms. The maximum absolute atomic E-state index is 12.8. The van der Waals surface area contributed by atoms with Gasteiger partial charge in [-0.3, -0.25) is 0 Å². The number of nitrogens with one attached hydrogen (secondary N) is 1. The normalized spacial score (nSPS) is 16.3. The maximum atomic E-state index is 12.8. The third-order valence-corrected chi connectivity index (χ3v) is 3.71. The summed E-state index contributed by atoms with van der Waals surface area (Å²) in [6.07, 6.45) is -4.47. The van der Waals surface area contributed by atoms with Crippen LogP contribution in [0.4, 0.5) is 23.7 Å². The van der Waals surface area contributed by atoms with Gasteiger partial charge in [0, 0.05) is 24.6 Å². The fourth-order valence-corrected chi connectivity index (χ4v) is 2.70. The number of halogens is 3. The number of hydrogen-bond donors (Lipinski definition) is 1. The van der Waals surface area contributed by atoms with E-state index in [9.17, 15) is 18.0 Å². The zero-order valence-corrected chi connectivity index (χ0v) is 10.9. The molecule has 1 heterocycles. The highest BCUT2D eigenvalue weighted by Crippen LogP contribution is 2.34. The zero-order chi connectivity index (χ0) is 13.9. The number of carbonyl (C=O) groups is 1. The van der Waals surface area contributed by atoms with Crippen molar-refractivity contribution < 1.29 is 18.0 Å². The number of thioether (sulfide) groups is 1. The van der Waals surface area contributed by atoms with Gasteiger partial charge in [0.2, 0.25) is 0 Å². The molecule has 1 aromatic rings. The van der Waals surface area contributed by atoms with E-state index in [4.69, 9.17) is 0 Å². The summed E-state index contributed by atoms with van der Waals surface area (Å²) in [4.78, 5) is 13.4. The average Bonchev–Trinajstić information content (AvgIpc) is 2.39. The lowest BCUT2D eigenvalue weighted by atomic mass is 10.1. The highest BCUT2D eigenvalue weighted by molar-refractivity contribution is 7.99. The van der Waals surface area contributed by atoms with Crippen molar-refractivity contribution in [2.75, 3.05) is 29.9 Å². The molecule has 1 N–H and O–H groups in total. The van der Waals surface area contributed by atoms with Crippen LogP contribution in [0.2, 0.25) is 0 Å². The average molecular weight is 290 g/mol. The quantitative estimate of drug-likeness (QED) is 0.861. The van der Waals surface area contributed by atoms with Crippen LogP contribution in [0.15, 0.2) is 24.3 Å². The van der Waals surface area contributed by atoms with E-state index in [0.717, 1.165) is 17.6 Å². The summed E-state index contributed by atoms with van der Waals surface area (Å²) in [6, 6.07) is 4.52. The molecule has 19 heavy (non-hydrogen) atoms. The summed E-state index contributed by atoms with van der Waals surface area (Å²) < 4.78 is 38.3. The molecular weight excluding hydrogens is 277 g/mol. The van der Waals surface area contributed by atoms with Gasteiger partial charge in [-0.15, -0.1) is 0 Å². The van der Waals surface area contributed by atoms with Crippen LogP contribution in [0.5, 0.6) is 0 Å². The Morgan fingerprint density at radius 1 is 1.21 bits per heavy atom. The highest BCUT2D eigenvalue weighted by Gasteiger charge is 2.33. The van der Waals surface area contributed by atoms with E-state index in [1.54, 1.807) is 11.8 Å². The summed E-state index contributed by atoms with van der Waals surface area (Å²) in [5, 5.41) is 2.34. The predicted molar refractivity (Wildman–Crippen MR) is 69.4 cm³/mol. The van der Waals surface area contributed by atoms with Gasteiger partial charge in [-0.1, -0.05) is 12.1 Å². The van der Waals surface area contributed by atoms with E-state index in [1.807, 2.05) is 0 Å². The summed E-state index contributed by atoms with van der Waals surface area (Å²) in [5.74, 6) is 1.63. The second kappa shape index (κ2) is 5.73. The van der Waals surface area contributed by atoms with Crippen LogP contribution in [0.1, 0.15) is 5.56 Å². The number of hydrogen-bond acceptors (Lipinski definition) is 2. The van der Waals surface area contributed by atoms with Crippen LogP contribution in [0.3, 0.4) is 0 Å². The number of rotatable bonds is 1. The van der Waals surface area contributed by atoms with Gasteiger partial charge in [-0.2, -0.15) is 24.9 Å². The van der Waals surface area contributed by atoms with E-state index in [0.29, 0.717) is 13.1 Å². The number of amides is 2. The van der Waals surface area contributed by atoms with Crippen LogP contribution in [0, 0.1) is 0 Å². The molecule has 1 saturated heterocycles. The smallest absolute Gasteiger partial charge is 0.323 e. The number of anilines is 1. The molecule has 2 rings (SSSR count). The van der Waals surface area contributed by atoms with Gasteiger partial charge in [0.1, 0.15) is 0 Å². The molecular formula is C12H13F3N2OS. The van der Waals surface area contributed by atoms with Crippen LogP contribution in [-0.4, -0.2) is 35.5 Å². The molecule has 0 aliphatic carbocycles. The van der Waals surface area contributed by atoms with Crippen molar-refractivity contribution in [1.29, 1.82) is 0 Å². The predicted octanol–water partition coefficient (Wildman–Crippen LogP) is 3.29. The number of alkyl halides is 3. The van der Waals surface area contributed by atoms with Crippen molar-refractivity contribution in [3.63, 3.8) is 0 Å². The van der Waals surface area contributed by atoms with E-state index in [-0.39, 0.29) is 5.69 Å². The minimum atomic E-state index is -4.47. The van der Waals surface area contributed by atoms with Crippen LogP contribution in [0.25, 0.3) is 0 Å². The van der Waals surface area contributed by atoms with Crippen molar-refractivity contribution in [3.8, 4) is 0 Å². The number of benzene rings is 1. The number of urea groups is 1. The van der Waals surface area contributed by atoms with Crippen molar-refractivity contribution in [2.45, 2.75) is 6.18 Å². The Labute approximate surface area is 113 Å². The van der Waals surface area contributed by atoms with Crippen molar-refractivity contribution in [1.82, 2.24) is 4.90 Å². The molecule has 1 aliphatic rings. The van der Waals surface area contributed by atoms with Gasteiger partial charge >= 0.3 is 12.2 Å². The lowest BCUT2D eigenvalue weighted by Crippen LogP contribution is -2.40. The molecule has 0 atom stereocenters. The lowest BCUT2D eigenvalue weighted by molar-refractivity contribution is -0.136. The summed E-state index contributed by atoms with van der Waals surface area (Å²) in [5.41, 5.74) is -1.02. The molecule has 0 unspecified atom stereocenters. The molecule has 7 heteroatoms. The van der Waals surface area contributed by atoms with E-state index >= 15 is 0 Å². The first-order chi connectivity index (χ1) is 8.98. The minimum absolute atomic E-state index is 0.196. The molecule has 0 aromatic heterocycles. The van der Waals surface area contributed by atoms with Gasteiger partial charge in [0.25, 0.3) is 0 Å². The third-order valence-electron chi connectivity index (χ3n) is 2.77. The maximum Gasteiger partial charge on any atom is 0.418 e. The zero-order valence-electron chi connectivity index (χ0n) is 10.0. The van der Waals surface area contributed by atoms with Gasteiger partial charge in [-0.05, 0) is 12.1 Å². The third kappa shape index (κ3) is 3.56. The molecule has 3 nitrogen and oxygen atoms in total. The second-order valence-electron chi connectivity index (χ2n) is 4.07. The van der Waals surface area contributed by atoms with E-state index in [2.05, 4.69) is 5.32 Å². The fraction of sp³-hybridized carbons (Fsp3) is 0.417. The Bertz CT molecular complexity index is 459. The Hall–Kier alpha value is -1.37. The summed E-state index contributed by atoms with van der Waals surface area (Å²) >= 11 is 1.73. The van der Waals surface area contributed by atoms with Crippen LogP contribution >= 0.6 is 11.8 Å². The number of para-hydroxylation sites is 1. The molecule has 1 aromatic carbocycles. The molecule has 0 spiro atoms. The minimum Gasteiger partial charge on any atom is -0.323 e. The Balaban J connectivity index is 2.12. The number of nitrogens with zero attached hydrogens (tertiary/aromatic N) is 1. The Kier molecular flexibility index (Phi) is 4.24. The van der Waals surface area contributed by atoms with Crippen LogP contribution < -0.4 is 5.32 Å². The second-order valence-corrected chi connectivity index (χ2v) is 5.30. The van der Waals surface area contributed by atoms with Gasteiger partial charge < -0.3 is 10.2 Å². The first kappa shape index (κ1) is 14.0. The van der Waals surface area contributed by atoms with Gasteiger partial charge in [0.15, 0.2) is 0 Å². The molecule has 0 saturated carbocycles. The molecule has 1 aliphatic heterocycles. The van der Waals surface area contributed by atoms with Crippen LogP contribution in [-0.2, 0) is 6.18 Å². The monoisotopic (exact) mass is 290 g/mol. The lowest BCUT2D eigenvalue weighted by Gasteiger charge is -2.27. The fourth-order valence-electron chi connectivity index (χ4n) is 1.80. The van der Waals surface area contributed by atoms with Gasteiger partial charge in [-0.25, -0.2) is 4.79 Å². The van der Waals surface area contributed by atoms with Gasteiger partial charge in [0.05, 0.1) is 11.3 Å². The van der Waals surface area contributed by atoms with E-state index in [1.165, 1.54) is 23.1 Å². The molecule has 0 radical (unpaired) electrons. The molecule has 2 amide bonds. The largest absolute Gasteiger partial charge is 0.418 e. The van der Waals surface area contributed by atoms with E-state index < -0.39 is 17.8 Å². The highest BCUT2D eigenvalue weighted by atomic mass is 32.2. The first-order valence-electron chi connectivity index (χ1n) is 5.78. The Morgan fingerprint density at radius 2 is 1.84 bits per heavy atom. The first-order valence-corrected chi connectivity index (χ1v) is 6.94. The Morgan fingerprint density at radius 3 is 2.47 bits per heavy atom. The van der Waals surface area contributed by atoms with Crippen molar-refractivity contribution in [2.24, 2.45) is 0 Å². The molecule has 1 fully saturated rings. The van der Waals surface area contributed by atoms with Crippen molar-refractivity contribution in [3.05, 3.63) is 29.8 Å². The van der Waals surface area contributed by atoms with Crippen molar-refractivity contribution >= 4 is 23.5 Å². The molecule has 104 valence electrons. The number of carbonyl (C=O) groups excluding carboxylic acids is 1. The SMILES string of the molecule is O=C(Nc1ccccc1C(F)(F)F)N1CCSCC1. The summed E-state index contributed by atoms with van der Waals surface area (Å²) in [6.45, 7) is 1.12. The topological polar surface area (TPSA) is 32.3 Å².